The molecule has 0 aromatic heterocycles. The number of nitrogens with one attached hydrogen (secondary N) is 1. The SMILES string of the molecule is CC(O)COC(C)C=N. The molecule has 0 heterocycles. The first kappa shape index (κ1) is 8.59. The van der Waals surface area contributed by atoms with E-state index in [9.17, 15) is 0 Å². The zero-order chi connectivity index (χ0) is 7.28. The van der Waals surface area contributed by atoms with Crippen molar-refractivity contribution < 1.29 is 9.84 Å². The van der Waals surface area contributed by atoms with Gasteiger partial charge in [0.25, 0.3) is 0 Å². The highest BCUT2D eigenvalue weighted by Gasteiger charge is 1.98. The maximum absolute atomic E-state index is 8.70. The molecule has 0 aromatic carbocycles. The third kappa shape index (κ3) is 5.46. The van der Waals surface area contributed by atoms with Gasteiger partial charge in [0.2, 0.25) is 0 Å². The molecule has 0 aliphatic carbocycles. The van der Waals surface area contributed by atoms with Crippen molar-refractivity contribution in [2.24, 2.45) is 0 Å². The molecule has 2 unspecified atom stereocenters. The summed E-state index contributed by atoms with van der Waals surface area (Å²) in [5, 5.41) is 15.4. The fourth-order valence-electron chi connectivity index (χ4n) is 0.339. The fraction of sp³-hybridized carbons (Fsp3) is 0.833. The quantitative estimate of drug-likeness (QED) is 0.543. The zero-order valence-corrected chi connectivity index (χ0v) is 5.79. The van der Waals surface area contributed by atoms with Gasteiger partial charge < -0.3 is 15.3 Å². The van der Waals surface area contributed by atoms with Gasteiger partial charge in [-0.3, -0.25) is 0 Å². The maximum atomic E-state index is 8.70. The smallest absolute Gasteiger partial charge is 0.0892 e. The summed E-state index contributed by atoms with van der Waals surface area (Å²) in [5.74, 6) is 0. The van der Waals surface area contributed by atoms with Gasteiger partial charge in [0.05, 0.1) is 18.8 Å². The number of hydrogen-bond donors (Lipinski definition) is 2. The lowest BCUT2D eigenvalue weighted by atomic mass is 10.4. The highest BCUT2D eigenvalue weighted by molar-refractivity contribution is 5.58. The summed E-state index contributed by atoms with van der Waals surface area (Å²) in [6.07, 6.45) is 0.578. The molecule has 0 fully saturated rings. The Kier molecular flexibility index (Phi) is 4.26. The van der Waals surface area contributed by atoms with Crippen LogP contribution >= 0.6 is 0 Å². The molecule has 0 radical (unpaired) electrons. The van der Waals surface area contributed by atoms with Gasteiger partial charge in [0, 0.05) is 6.21 Å². The molecule has 9 heavy (non-hydrogen) atoms. The van der Waals surface area contributed by atoms with Crippen LogP contribution in [0.25, 0.3) is 0 Å². The number of ether oxygens (including phenoxy) is 1. The van der Waals surface area contributed by atoms with Gasteiger partial charge in [-0.1, -0.05) is 0 Å². The van der Waals surface area contributed by atoms with E-state index < -0.39 is 6.10 Å². The zero-order valence-electron chi connectivity index (χ0n) is 5.79. The second kappa shape index (κ2) is 4.47. The summed E-state index contributed by atoms with van der Waals surface area (Å²) in [7, 11) is 0. The minimum atomic E-state index is -0.438. The summed E-state index contributed by atoms with van der Waals surface area (Å²) in [6, 6.07) is 0. The first-order chi connectivity index (χ1) is 4.16. The van der Waals surface area contributed by atoms with Crippen LogP contribution in [0.15, 0.2) is 0 Å². The number of rotatable bonds is 4. The Morgan fingerprint density at radius 1 is 1.67 bits per heavy atom. The lowest BCUT2D eigenvalue weighted by Gasteiger charge is -2.08. The van der Waals surface area contributed by atoms with E-state index >= 15 is 0 Å². The molecular weight excluding hydrogens is 118 g/mol. The average Bonchev–Trinajstić information content (AvgIpc) is 1.83. The summed E-state index contributed by atoms with van der Waals surface area (Å²) >= 11 is 0. The minimum absolute atomic E-state index is 0.181. The Hall–Kier alpha value is -0.410. The van der Waals surface area contributed by atoms with E-state index in [2.05, 4.69) is 0 Å². The number of hydrogen-bond acceptors (Lipinski definition) is 3. The lowest BCUT2D eigenvalue weighted by Crippen LogP contribution is -2.17. The average molecular weight is 131 g/mol. The van der Waals surface area contributed by atoms with Crippen molar-refractivity contribution in [3.05, 3.63) is 0 Å². The molecule has 0 aliphatic rings. The van der Waals surface area contributed by atoms with E-state index in [0.29, 0.717) is 6.61 Å². The minimum Gasteiger partial charge on any atom is -0.391 e. The van der Waals surface area contributed by atoms with E-state index in [1.54, 1.807) is 13.8 Å². The van der Waals surface area contributed by atoms with Crippen LogP contribution in [0, 0.1) is 5.41 Å². The summed E-state index contributed by atoms with van der Waals surface area (Å²) < 4.78 is 4.96. The lowest BCUT2D eigenvalue weighted by molar-refractivity contribution is 0.0333. The van der Waals surface area contributed by atoms with E-state index in [4.69, 9.17) is 15.3 Å². The van der Waals surface area contributed by atoms with E-state index in [1.165, 1.54) is 6.21 Å². The van der Waals surface area contributed by atoms with Gasteiger partial charge in [-0.2, -0.15) is 0 Å². The third-order valence-corrected chi connectivity index (χ3v) is 0.835. The van der Waals surface area contributed by atoms with Crippen LogP contribution < -0.4 is 0 Å². The molecule has 2 N–H and O–H groups in total. The molecule has 0 bridgehead atoms. The molecule has 54 valence electrons. The second-order valence-electron chi connectivity index (χ2n) is 2.05. The molecule has 0 amide bonds. The van der Waals surface area contributed by atoms with Crippen molar-refractivity contribution >= 4 is 6.21 Å². The van der Waals surface area contributed by atoms with Crippen LogP contribution in [0.4, 0.5) is 0 Å². The molecule has 0 aromatic rings. The van der Waals surface area contributed by atoms with Crippen LogP contribution in [-0.2, 0) is 4.74 Å². The fourth-order valence-corrected chi connectivity index (χ4v) is 0.339. The molecular formula is C6H13NO2. The van der Waals surface area contributed by atoms with Crippen molar-refractivity contribution in [1.29, 1.82) is 5.41 Å². The first-order valence-corrected chi connectivity index (χ1v) is 2.97. The molecule has 0 saturated carbocycles. The van der Waals surface area contributed by atoms with E-state index in [0.717, 1.165) is 0 Å². The number of aliphatic hydroxyl groups excluding tert-OH is 1. The largest absolute Gasteiger partial charge is 0.391 e. The predicted octanol–water partition coefficient (Wildman–Crippen LogP) is 0.422. The van der Waals surface area contributed by atoms with Crippen LogP contribution in [0.1, 0.15) is 13.8 Å². The van der Waals surface area contributed by atoms with Gasteiger partial charge in [0.15, 0.2) is 0 Å². The normalized spacial score (nSPS) is 16.8. The van der Waals surface area contributed by atoms with Crippen molar-refractivity contribution in [2.45, 2.75) is 26.1 Å². The molecule has 0 saturated heterocycles. The van der Waals surface area contributed by atoms with Gasteiger partial charge in [-0.25, -0.2) is 0 Å². The summed E-state index contributed by atoms with van der Waals surface area (Å²) in [6.45, 7) is 3.71. The number of aliphatic hydroxyl groups is 1. The van der Waals surface area contributed by atoms with E-state index in [-0.39, 0.29) is 6.10 Å². The second-order valence-corrected chi connectivity index (χ2v) is 2.05. The van der Waals surface area contributed by atoms with E-state index in [1.807, 2.05) is 0 Å². The van der Waals surface area contributed by atoms with Crippen LogP contribution in [0.3, 0.4) is 0 Å². The Morgan fingerprint density at radius 3 is 2.56 bits per heavy atom. The van der Waals surface area contributed by atoms with Crippen molar-refractivity contribution in [2.75, 3.05) is 6.61 Å². The topological polar surface area (TPSA) is 53.3 Å². The van der Waals surface area contributed by atoms with Crippen LogP contribution in [0.5, 0.6) is 0 Å². The molecule has 0 aliphatic heterocycles. The van der Waals surface area contributed by atoms with Crippen LogP contribution in [-0.4, -0.2) is 30.1 Å². The monoisotopic (exact) mass is 131 g/mol. The van der Waals surface area contributed by atoms with Gasteiger partial charge in [-0.05, 0) is 13.8 Å². The van der Waals surface area contributed by atoms with Crippen molar-refractivity contribution in [1.82, 2.24) is 0 Å². The standard InChI is InChI=1S/C6H13NO2/c1-5(8)4-9-6(2)3-7/h3,5-8H,4H2,1-2H3. The predicted molar refractivity (Wildman–Crippen MR) is 35.9 cm³/mol. The first-order valence-electron chi connectivity index (χ1n) is 2.97. The molecule has 3 heteroatoms. The Balaban J connectivity index is 3.16. The molecule has 2 atom stereocenters. The summed E-state index contributed by atoms with van der Waals surface area (Å²) in [5.41, 5.74) is 0. The van der Waals surface area contributed by atoms with Crippen LogP contribution in [0.2, 0.25) is 0 Å². The Bertz CT molecular complexity index is 83.1. The van der Waals surface area contributed by atoms with Crippen molar-refractivity contribution in [3.8, 4) is 0 Å². The van der Waals surface area contributed by atoms with Gasteiger partial charge in [0.1, 0.15) is 0 Å². The molecule has 0 rings (SSSR count). The van der Waals surface area contributed by atoms with Crippen molar-refractivity contribution in [3.63, 3.8) is 0 Å². The Morgan fingerprint density at radius 2 is 2.22 bits per heavy atom. The molecule has 0 spiro atoms. The Labute approximate surface area is 55.2 Å². The third-order valence-electron chi connectivity index (χ3n) is 0.835. The van der Waals surface area contributed by atoms with Gasteiger partial charge in [-0.15, -0.1) is 0 Å². The highest BCUT2D eigenvalue weighted by Crippen LogP contribution is 1.88. The highest BCUT2D eigenvalue weighted by atomic mass is 16.5. The summed E-state index contributed by atoms with van der Waals surface area (Å²) in [4.78, 5) is 0. The maximum Gasteiger partial charge on any atom is 0.0892 e. The molecule has 3 nitrogen and oxygen atoms in total. The van der Waals surface area contributed by atoms with Gasteiger partial charge >= 0.3 is 0 Å².